The number of quaternary nitrogens is 1. The second-order valence-corrected chi connectivity index (χ2v) is 6.88. The van der Waals surface area contributed by atoms with Gasteiger partial charge in [-0.25, -0.2) is 4.79 Å². The van der Waals surface area contributed by atoms with Crippen molar-refractivity contribution >= 4 is 29.2 Å². The lowest BCUT2D eigenvalue weighted by molar-refractivity contribution is -0.938. The van der Waals surface area contributed by atoms with E-state index in [-0.39, 0.29) is 18.6 Å². The summed E-state index contributed by atoms with van der Waals surface area (Å²) >= 11 is 6.11. The summed E-state index contributed by atoms with van der Waals surface area (Å²) in [7, 11) is 0. The van der Waals surface area contributed by atoms with Crippen molar-refractivity contribution in [3.8, 4) is 0 Å². The van der Waals surface area contributed by atoms with Crippen LogP contribution in [-0.4, -0.2) is 48.6 Å². The number of aryl methyl sites for hydroxylation is 1. The predicted octanol–water partition coefficient (Wildman–Crippen LogP) is 4.42. The minimum absolute atomic E-state index is 0.0750. The number of hydrogen-bond acceptors (Lipinski definition) is 3. The van der Waals surface area contributed by atoms with Gasteiger partial charge in [0.15, 0.2) is 6.04 Å². The molecular weight excluding hydrogens is 352 g/mol. The fourth-order valence-electron chi connectivity index (χ4n) is 3.64. The number of nitrogens with one attached hydrogen (secondary N) is 1. The number of nitrogens with zero attached hydrogens (tertiary/aromatic N) is 1. The van der Waals surface area contributed by atoms with E-state index in [1.54, 1.807) is 19.1 Å². The third kappa shape index (κ3) is 4.77. The van der Waals surface area contributed by atoms with Crippen molar-refractivity contribution < 1.29 is 18.8 Å². The van der Waals surface area contributed by atoms with Gasteiger partial charge in [-0.2, -0.15) is 0 Å². The van der Waals surface area contributed by atoms with Crippen LogP contribution >= 0.6 is 11.6 Å². The lowest BCUT2D eigenvalue weighted by Gasteiger charge is -2.41. The second-order valence-electron chi connectivity index (χ2n) is 6.45. The molecular formula is C20H32ClN2O3+. The summed E-state index contributed by atoms with van der Waals surface area (Å²) in [6, 6.07) is 3.10. The predicted molar refractivity (Wildman–Crippen MR) is 107 cm³/mol. The van der Waals surface area contributed by atoms with Gasteiger partial charge in [0.05, 0.1) is 37.5 Å². The Hall–Kier alpha value is -1.59. The molecule has 0 saturated heterocycles. The molecule has 0 saturated carbocycles. The first-order valence-electron chi connectivity index (χ1n) is 9.43. The van der Waals surface area contributed by atoms with E-state index in [2.05, 4.69) is 26.1 Å². The number of hydrogen-bond donors (Lipinski definition) is 1. The Morgan fingerprint density at radius 3 is 2.15 bits per heavy atom. The standard InChI is InChI=1S/C20H31ClN2O3/c1-7-17(23(8-2,9-3)10-4)19(24)22-18-14(6)12-15(21)13-16(18)20(25)26-11-5/h12-13,17H,7-11H2,1-6H3/p+1. The molecule has 1 aromatic rings. The van der Waals surface area contributed by atoms with Crippen molar-refractivity contribution in [2.45, 2.75) is 54.0 Å². The number of carbonyl (C=O) groups excluding carboxylic acids is 2. The van der Waals surface area contributed by atoms with Crippen molar-refractivity contribution in [3.05, 3.63) is 28.3 Å². The lowest BCUT2D eigenvalue weighted by atomic mass is 10.0. The number of rotatable bonds is 9. The molecule has 5 nitrogen and oxygen atoms in total. The normalized spacial score (nSPS) is 12.6. The third-order valence-corrected chi connectivity index (χ3v) is 5.50. The molecule has 26 heavy (non-hydrogen) atoms. The highest BCUT2D eigenvalue weighted by molar-refractivity contribution is 6.31. The molecule has 1 amide bonds. The molecule has 0 aliphatic rings. The molecule has 0 aliphatic carbocycles. The van der Waals surface area contributed by atoms with Gasteiger partial charge in [-0.3, -0.25) is 4.79 Å². The number of esters is 1. The fraction of sp³-hybridized carbons (Fsp3) is 0.600. The van der Waals surface area contributed by atoms with Crippen molar-refractivity contribution in [1.82, 2.24) is 0 Å². The second kappa shape index (κ2) is 9.93. The van der Waals surface area contributed by atoms with Crippen molar-refractivity contribution in [2.75, 3.05) is 31.6 Å². The molecule has 0 aliphatic heterocycles. The van der Waals surface area contributed by atoms with Crippen LogP contribution in [0, 0.1) is 6.92 Å². The molecule has 0 aromatic heterocycles. The Bertz CT molecular complexity index is 634. The molecule has 0 fully saturated rings. The van der Waals surface area contributed by atoms with Crippen LogP contribution in [0.3, 0.4) is 0 Å². The highest BCUT2D eigenvalue weighted by atomic mass is 35.5. The van der Waals surface area contributed by atoms with Crippen LogP contribution in [0.25, 0.3) is 0 Å². The first-order chi connectivity index (χ1) is 12.3. The Balaban J connectivity index is 3.28. The summed E-state index contributed by atoms with van der Waals surface area (Å²) in [5.74, 6) is -0.558. The quantitative estimate of drug-likeness (QED) is 0.507. The summed E-state index contributed by atoms with van der Waals surface area (Å²) in [6.45, 7) is 14.8. The van der Waals surface area contributed by atoms with Gasteiger partial charge in [-0.15, -0.1) is 0 Å². The highest BCUT2D eigenvalue weighted by Crippen LogP contribution is 2.28. The maximum atomic E-state index is 13.1. The van der Waals surface area contributed by atoms with Gasteiger partial charge in [0.2, 0.25) is 0 Å². The zero-order valence-electron chi connectivity index (χ0n) is 16.8. The largest absolute Gasteiger partial charge is 0.462 e. The van der Waals surface area contributed by atoms with E-state index in [9.17, 15) is 9.59 Å². The molecule has 146 valence electrons. The molecule has 0 radical (unpaired) electrons. The molecule has 0 bridgehead atoms. The first-order valence-corrected chi connectivity index (χ1v) is 9.81. The summed E-state index contributed by atoms with van der Waals surface area (Å²) in [4.78, 5) is 25.4. The summed E-state index contributed by atoms with van der Waals surface area (Å²) < 4.78 is 5.84. The summed E-state index contributed by atoms with van der Waals surface area (Å²) in [5.41, 5.74) is 1.52. The van der Waals surface area contributed by atoms with Gasteiger partial charge in [0, 0.05) is 11.4 Å². The topological polar surface area (TPSA) is 55.4 Å². The van der Waals surface area contributed by atoms with E-state index in [0.717, 1.165) is 31.6 Å². The number of benzene rings is 1. The monoisotopic (exact) mass is 383 g/mol. The fourth-order valence-corrected chi connectivity index (χ4v) is 3.91. The zero-order chi connectivity index (χ0) is 19.9. The van der Waals surface area contributed by atoms with E-state index in [4.69, 9.17) is 16.3 Å². The van der Waals surface area contributed by atoms with Crippen LogP contribution in [0.1, 0.15) is 57.0 Å². The van der Waals surface area contributed by atoms with Crippen molar-refractivity contribution in [3.63, 3.8) is 0 Å². The molecule has 0 heterocycles. The van der Waals surface area contributed by atoms with Gasteiger partial charge < -0.3 is 14.5 Å². The van der Waals surface area contributed by atoms with Gasteiger partial charge in [-0.1, -0.05) is 18.5 Å². The molecule has 1 atom stereocenters. The zero-order valence-corrected chi connectivity index (χ0v) is 17.6. The molecule has 1 unspecified atom stereocenters. The SMILES string of the molecule is CCOC(=O)c1cc(Cl)cc(C)c1NC(=O)C(CC)[N+](CC)(CC)CC. The van der Waals surface area contributed by atoms with E-state index >= 15 is 0 Å². The molecule has 1 N–H and O–H groups in total. The van der Waals surface area contributed by atoms with Gasteiger partial charge in [-0.05, 0) is 52.3 Å². The van der Waals surface area contributed by atoms with E-state index in [1.807, 2.05) is 13.8 Å². The van der Waals surface area contributed by atoms with Crippen molar-refractivity contribution in [2.24, 2.45) is 0 Å². The minimum Gasteiger partial charge on any atom is -0.462 e. The van der Waals surface area contributed by atoms with Crippen LogP contribution in [0.2, 0.25) is 5.02 Å². The molecule has 0 spiro atoms. The first kappa shape index (κ1) is 22.5. The van der Waals surface area contributed by atoms with Crippen LogP contribution in [0.15, 0.2) is 12.1 Å². The van der Waals surface area contributed by atoms with Gasteiger partial charge in [0.25, 0.3) is 5.91 Å². The summed E-state index contributed by atoms with van der Waals surface area (Å²) in [5, 5.41) is 3.43. The number of amides is 1. The van der Waals surface area contributed by atoms with Crippen molar-refractivity contribution in [1.29, 1.82) is 0 Å². The Kier molecular flexibility index (Phi) is 8.57. The maximum absolute atomic E-state index is 13.1. The Labute approximate surface area is 162 Å². The van der Waals surface area contributed by atoms with E-state index in [1.165, 1.54) is 0 Å². The third-order valence-electron chi connectivity index (χ3n) is 5.28. The minimum atomic E-state index is -0.483. The van der Waals surface area contributed by atoms with E-state index < -0.39 is 5.97 Å². The molecule has 1 rings (SSSR count). The van der Waals surface area contributed by atoms with Crippen LogP contribution in [-0.2, 0) is 9.53 Å². The average Bonchev–Trinajstić information content (AvgIpc) is 2.61. The maximum Gasteiger partial charge on any atom is 0.340 e. The number of anilines is 1. The highest BCUT2D eigenvalue weighted by Gasteiger charge is 2.37. The van der Waals surface area contributed by atoms with Crippen LogP contribution in [0.5, 0.6) is 0 Å². The van der Waals surface area contributed by atoms with E-state index in [0.29, 0.717) is 20.8 Å². The smallest absolute Gasteiger partial charge is 0.340 e. The number of carbonyl (C=O) groups is 2. The average molecular weight is 384 g/mol. The van der Waals surface area contributed by atoms with Crippen LogP contribution < -0.4 is 5.32 Å². The van der Waals surface area contributed by atoms with Gasteiger partial charge in [0.1, 0.15) is 0 Å². The lowest BCUT2D eigenvalue weighted by Crippen LogP contribution is -2.59. The van der Waals surface area contributed by atoms with Crippen LogP contribution in [0.4, 0.5) is 5.69 Å². The Morgan fingerprint density at radius 1 is 1.12 bits per heavy atom. The number of ether oxygens (including phenoxy) is 1. The number of likely N-dealkylation sites (N-methyl/N-ethyl adjacent to an activating group) is 1. The number of halogens is 1. The summed E-state index contributed by atoms with van der Waals surface area (Å²) in [6.07, 6.45) is 0.725. The molecule has 1 aromatic carbocycles. The Morgan fingerprint density at radius 2 is 1.69 bits per heavy atom. The van der Waals surface area contributed by atoms with Gasteiger partial charge >= 0.3 is 5.97 Å². The molecule has 6 heteroatoms.